The summed E-state index contributed by atoms with van der Waals surface area (Å²) in [6, 6.07) is -0.481. The average Bonchev–Trinajstić information content (AvgIpc) is 3.32. The number of carbonyl (C=O) groups is 4. The SMILES string of the molecule is CC1(C)C2CCC1(C)C(NC(=O)COC(=O)CN1C(=O)NC3(CCCC3)C1=O)C2. The van der Waals surface area contributed by atoms with Crippen LogP contribution in [0.15, 0.2) is 0 Å². The molecule has 3 unspecified atom stereocenters. The third kappa shape index (κ3) is 3.02. The number of ether oxygens (including phenoxy) is 1. The lowest BCUT2D eigenvalue weighted by Crippen LogP contribution is -2.48. The van der Waals surface area contributed by atoms with E-state index in [1.807, 2.05) is 0 Å². The van der Waals surface area contributed by atoms with Gasteiger partial charge in [0.05, 0.1) is 0 Å². The maximum absolute atomic E-state index is 12.6. The number of rotatable bonds is 5. The van der Waals surface area contributed by atoms with Crippen molar-refractivity contribution < 1.29 is 23.9 Å². The molecule has 1 saturated heterocycles. The van der Waals surface area contributed by atoms with Crippen LogP contribution in [0.2, 0.25) is 0 Å². The van der Waals surface area contributed by atoms with E-state index in [9.17, 15) is 19.2 Å². The molecule has 1 heterocycles. The van der Waals surface area contributed by atoms with E-state index in [1.165, 1.54) is 6.42 Å². The predicted octanol–water partition coefficient (Wildman–Crippen LogP) is 1.73. The van der Waals surface area contributed by atoms with Gasteiger partial charge in [0.25, 0.3) is 11.8 Å². The predicted molar refractivity (Wildman–Crippen MR) is 104 cm³/mol. The molecule has 4 aliphatic rings. The monoisotopic (exact) mass is 405 g/mol. The summed E-state index contributed by atoms with van der Waals surface area (Å²) in [5, 5.41) is 5.76. The van der Waals surface area contributed by atoms with Crippen LogP contribution in [0.3, 0.4) is 0 Å². The van der Waals surface area contributed by atoms with E-state index in [4.69, 9.17) is 4.74 Å². The maximum Gasteiger partial charge on any atom is 0.326 e. The molecule has 3 atom stereocenters. The van der Waals surface area contributed by atoms with Crippen molar-refractivity contribution in [3.8, 4) is 0 Å². The minimum Gasteiger partial charge on any atom is -0.454 e. The normalized spacial score (nSPS) is 34.0. The number of urea groups is 1. The first kappa shape index (κ1) is 20.2. The molecular weight excluding hydrogens is 374 g/mol. The number of hydrogen-bond donors (Lipinski definition) is 2. The van der Waals surface area contributed by atoms with E-state index >= 15 is 0 Å². The Morgan fingerprint density at radius 1 is 1.17 bits per heavy atom. The van der Waals surface area contributed by atoms with Crippen LogP contribution >= 0.6 is 0 Å². The van der Waals surface area contributed by atoms with Crippen LogP contribution < -0.4 is 10.6 Å². The molecule has 0 aromatic carbocycles. The number of nitrogens with one attached hydrogen (secondary N) is 2. The Morgan fingerprint density at radius 2 is 1.86 bits per heavy atom. The van der Waals surface area contributed by atoms with Crippen LogP contribution in [0.25, 0.3) is 0 Å². The topological polar surface area (TPSA) is 105 Å². The summed E-state index contributed by atoms with van der Waals surface area (Å²) < 4.78 is 5.06. The zero-order valence-corrected chi connectivity index (χ0v) is 17.5. The van der Waals surface area contributed by atoms with Crippen molar-refractivity contribution >= 4 is 23.8 Å². The molecule has 8 nitrogen and oxygen atoms in total. The molecule has 2 bridgehead atoms. The molecule has 2 N–H and O–H groups in total. The molecular formula is C21H31N3O5. The number of hydrogen-bond acceptors (Lipinski definition) is 5. The van der Waals surface area contributed by atoms with Gasteiger partial charge in [0.15, 0.2) is 6.61 Å². The van der Waals surface area contributed by atoms with E-state index in [1.54, 1.807) is 0 Å². The minimum absolute atomic E-state index is 0.0486. The molecule has 8 heteroatoms. The van der Waals surface area contributed by atoms with E-state index in [2.05, 4.69) is 31.4 Å². The molecule has 1 aliphatic heterocycles. The molecule has 4 rings (SSSR count). The Balaban J connectivity index is 1.27. The molecule has 0 aromatic heterocycles. The van der Waals surface area contributed by atoms with E-state index in [-0.39, 0.29) is 28.7 Å². The molecule has 3 aliphatic carbocycles. The quantitative estimate of drug-likeness (QED) is 0.535. The number of fused-ring (bicyclic) bond motifs is 2. The van der Waals surface area contributed by atoms with Gasteiger partial charge in [-0.1, -0.05) is 33.6 Å². The van der Waals surface area contributed by atoms with Crippen LogP contribution in [0, 0.1) is 16.7 Å². The van der Waals surface area contributed by atoms with Gasteiger partial charge in [-0.25, -0.2) is 4.79 Å². The lowest BCUT2D eigenvalue weighted by molar-refractivity contribution is -0.151. The average molecular weight is 405 g/mol. The lowest BCUT2D eigenvalue weighted by atomic mass is 9.69. The smallest absolute Gasteiger partial charge is 0.326 e. The van der Waals surface area contributed by atoms with Gasteiger partial charge in [0.1, 0.15) is 12.1 Å². The van der Waals surface area contributed by atoms with E-state index in [0.29, 0.717) is 18.8 Å². The van der Waals surface area contributed by atoms with Gasteiger partial charge in [0, 0.05) is 6.04 Å². The summed E-state index contributed by atoms with van der Waals surface area (Å²) >= 11 is 0. The van der Waals surface area contributed by atoms with Crippen molar-refractivity contribution in [3.63, 3.8) is 0 Å². The van der Waals surface area contributed by atoms with Crippen molar-refractivity contribution in [1.29, 1.82) is 0 Å². The highest BCUT2D eigenvalue weighted by atomic mass is 16.5. The highest BCUT2D eigenvalue weighted by Gasteiger charge is 2.61. The summed E-state index contributed by atoms with van der Waals surface area (Å²) in [5.74, 6) is -0.850. The van der Waals surface area contributed by atoms with Crippen molar-refractivity contribution in [1.82, 2.24) is 15.5 Å². The van der Waals surface area contributed by atoms with Crippen molar-refractivity contribution in [2.24, 2.45) is 16.7 Å². The van der Waals surface area contributed by atoms with Crippen molar-refractivity contribution in [3.05, 3.63) is 0 Å². The Bertz CT molecular complexity index is 757. The summed E-state index contributed by atoms with van der Waals surface area (Å²) in [6.45, 7) is 5.91. The lowest BCUT2D eigenvalue weighted by Gasteiger charge is -2.39. The Hall–Kier alpha value is -2.12. The fourth-order valence-electron chi connectivity index (χ4n) is 6.12. The molecule has 0 aromatic rings. The van der Waals surface area contributed by atoms with Crippen LogP contribution in [0.1, 0.15) is 65.7 Å². The third-order valence-corrected chi connectivity index (χ3v) is 8.48. The van der Waals surface area contributed by atoms with Gasteiger partial charge in [-0.2, -0.15) is 0 Å². The summed E-state index contributed by atoms with van der Waals surface area (Å²) in [4.78, 5) is 50.1. The minimum atomic E-state index is -0.848. The Morgan fingerprint density at radius 3 is 2.45 bits per heavy atom. The van der Waals surface area contributed by atoms with E-state index in [0.717, 1.165) is 30.6 Å². The fraction of sp³-hybridized carbons (Fsp3) is 0.810. The highest BCUT2D eigenvalue weighted by molar-refractivity contribution is 6.08. The van der Waals surface area contributed by atoms with Crippen molar-refractivity contribution in [2.75, 3.05) is 13.2 Å². The van der Waals surface area contributed by atoms with Gasteiger partial charge in [-0.3, -0.25) is 19.3 Å². The third-order valence-electron chi connectivity index (χ3n) is 8.48. The first-order chi connectivity index (χ1) is 13.6. The number of nitrogens with zero attached hydrogens (tertiary/aromatic N) is 1. The summed E-state index contributed by atoms with van der Waals surface area (Å²) in [6.07, 6.45) is 6.19. The summed E-state index contributed by atoms with van der Waals surface area (Å²) in [5.41, 5.74) is -0.618. The molecule has 3 saturated carbocycles. The van der Waals surface area contributed by atoms with Crippen LogP contribution in [0.5, 0.6) is 0 Å². The highest BCUT2D eigenvalue weighted by Crippen LogP contribution is 2.65. The van der Waals surface area contributed by atoms with E-state index < -0.39 is 30.7 Å². The molecule has 4 fully saturated rings. The molecule has 29 heavy (non-hydrogen) atoms. The first-order valence-corrected chi connectivity index (χ1v) is 10.7. The number of esters is 1. The van der Waals surface area contributed by atoms with Crippen LogP contribution in [0.4, 0.5) is 4.79 Å². The van der Waals surface area contributed by atoms with Gasteiger partial charge in [-0.05, 0) is 48.9 Å². The molecule has 160 valence electrons. The van der Waals surface area contributed by atoms with Crippen LogP contribution in [-0.4, -0.2) is 53.4 Å². The standard InChI is InChI=1S/C21H31N3O5/c1-19(2)13-6-9-20(19,3)14(10-13)22-15(25)12-29-16(26)11-24-17(27)21(23-18(24)28)7-4-5-8-21/h13-14H,4-12H2,1-3H3,(H,22,25)(H,23,28). The molecule has 1 spiro atoms. The molecule has 4 amide bonds. The zero-order chi connectivity index (χ0) is 21.0. The summed E-state index contributed by atoms with van der Waals surface area (Å²) in [7, 11) is 0. The van der Waals surface area contributed by atoms with Gasteiger partial charge < -0.3 is 15.4 Å². The Labute approximate surface area is 171 Å². The van der Waals surface area contributed by atoms with Gasteiger partial charge in [0.2, 0.25) is 0 Å². The largest absolute Gasteiger partial charge is 0.454 e. The zero-order valence-electron chi connectivity index (χ0n) is 17.5. The number of carbonyl (C=O) groups excluding carboxylic acids is 4. The fourth-order valence-corrected chi connectivity index (χ4v) is 6.12. The second-order valence-electron chi connectivity index (χ2n) is 10.0. The second kappa shape index (κ2) is 6.71. The maximum atomic E-state index is 12.6. The first-order valence-electron chi connectivity index (χ1n) is 10.7. The second-order valence-corrected chi connectivity index (χ2v) is 10.0. The van der Waals surface area contributed by atoms with Crippen LogP contribution in [-0.2, 0) is 19.1 Å². The van der Waals surface area contributed by atoms with Gasteiger partial charge in [-0.15, -0.1) is 0 Å². The Kier molecular flexibility index (Phi) is 4.66. The number of amides is 4. The molecule has 0 radical (unpaired) electrons. The number of imide groups is 1. The van der Waals surface area contributed by atoms with Crippen molar-refractivity contribution in [2.45, 2.75) is 77.3 Å². The van der Waals surface area contributed by atoms with Gasteiger partial charge >= 0.3 is 12.0 Å².